The van der Waals surface area contributed by atoms with Gasteiger partial charge in [-0.25, -0.2) is 4.79 Å². The number of allylic oxidation sites excluding steroid dienone is 2. The Balaban J connectivity index is 1.90. The molecule has 0 spiro atoms. The number of phenols is 1. The molecule has 0 saturated carbocycles. The minimum absolute atomic E-state index is 0.0313. The average Bonchev–Trinajstić information content (AvgIpc) is 3.11. The molecule has 4 atom stereocenters. The van der Waals surface area contributed by atoms with Gasteiger partial charge in [0.15, 0.2) is 0 Å². The molecule has 0 unspecified atom stereocenters. The van der Waals surface area contributed by atoms with Crippen LogP contribution in [0.4, 0.5) is 4.79 Å². The Bertz CT molecular complexity index is 1110. The zero-order valence-electron chi connectivity index (χ0n) is 21.7. The highest BCUT2D eigenvalue weighted by Crippen LogP contribution is 2.48. The molecule has 3 rings (SSSR count). The summed E-state index contributed by atoms with van der Waals surface area (Å²) < 4.78 is 4.64. The SMILES string of the molecule is CCC/C(=C\c1ccc(O)cc1Cl)CC[C@@H](O)C1=C(C(C)C)C[C@H]2C(=O)N(C(=O)OC)C(=O)[C@H]2[C@H]1CO. The van der Waals surface area contributed by atoms with Crippen LogP contribution in [-0.2, 0) is 14.3 Å². The maximum Gasteiger partial charge on any atom is 0.423 e. The lowest BCUT2D eigenvalue weighted by Crippen LogP contribution is -2.40. The number of rotatable bonds is 9. The number of aliphatic hydroxyl groups excluding tert-OH is 2. The molecule has 8 nitrogen and oxygen atoms in total. The van der Waals surface area contributed by atoms with Gasteiger partial charge in [-0.05, 0) is 60.9 Å². The molecule has 1 aromatic carbocycles. The molecule has 1 aromatic rings. The zero-order chi connectivity index (χ0) is 27.4. The second-order valence-corrected chi connectivity index (χ2v) is 10.5. The fraction of sp³-hybridized carbons (Fsp3) is 0.536. The van der Waals surface area contributed by atoms with E-state index in [-0.39, 0.29) is 18.1 Å². The number of hydrogen-bond acceptors (Lipinski definition) is 7. The average molecular weight is 534 g/mol. The summed E-state index contributed by atoms with van der Waals surface area (Å²) in [6, 6.07) is 4.78. The van der Waals surface area contributed by atoms with Crippen LogP contribution in [-0.4, -0.2) is 57.9 Å². The number of hydrogen-bond donors (Lipinski definition) is 3. The van der Waals surface area contributed by atoms with E-state index in [1.807, 2.05) is 19.9 Å². The van der Waals surface area contributed by atoms with Gasteiger partial charge in [0.2, 0.25) is 11.8 Å². The first-order valence-electron chi connectivity index (χ1n) is 12.7. The Labute approximate surface area is 222 Å². The first-order valence-corrected chi connectivity index (χ1v) is 13.1. The summed E-state index contributed by atoms with van der Waals surface area (Å²) in [5, 5.41) is 31.8. The molecule has 1 aliphatic heterocycles. The Hall–Kier alpha value is -2.68. The van der Waals surface area contributed by atoms with Gasteiger partial charge < -0.3 is 20.1 Å². The van der Waals surface area contributed by atoms with Gasteiger partial charge in [-0.2, -0.15) is 4.90 Å². The van der Waals surface area contributed by atoms with Crippen LogP contribution in [0.15, 0.2) is 34.9 Å². The smallest absolute Gasteiger partial charge is 0.423 e. The fourth-order valence-corrected chi connectivity index (χ4v) is 5.87. The Morgan fingerprint density at radius 2 is 1.95 bits per heavy atom. The first-order chi connectivity index (χ1) is 17.5. The summed E-state index contributed by atoms with van der Waals surface area (Å²) in [5.74, 6) is -3.74. The van der Waals surface area contributed by atoms with Gasteiger partial charge >= 0.3 is 6.09 Å². The Morgan fingerprint density at radius 3 is 2.51 bits per heavy atom. The number of amides is 3. The molecule has 37 heavy (non-hydrogen) atoms. The molecule has 0 bridgehead atoms. The highest BCUT2D eigenvalue weighted by atomic mass is 35.5. The number of halogens is 1. The third-order valence-electron chi connectivity index (χ3n) is 7.38. The number of carbonyl (C=O) groups is 3. The minimum atomic E-state index is -1.03. The molecule has 0 radical (unpaired) electrons. The van der Waals surface area contributed by atoms with Crippen molar-refractivity contribution in [3.8, 4) is 5.75 Å². The summed E-state index contributed by atoms with van der Waals surface area (Å²) >= 11 is 6.29. The van der Waals surface area contributed by atoms with E-state index in [1.165, 1.54) is 6.07 Å². The molecule has 3 N–H and O–H groups in total. The minimum Gasteiger partial charge on any atom is -0.508 e. The molecule has 0 aromatic heterocycles. The second kappa shape index (κ2) is 12.2. The first kappa shape index (κ1) is 28.9. The predicted molar refractivity (Wildman–Crippen MR) is 140 cm³/mol. The van der Waals surface area contributed by atoms with Crippen molar-refractivity contribution in [2.24, 2.45) is 23.7 Å². The molecule has 202 valence electrons. The van der Waals surface area contributed by atoms with Gasteiger partial charge in [0.1, 0.15) is 5.75 Å². The number of phenolic OH excluding ortho intramolecular Hbond substituents is 1. The summed E-state index contributed by atoms with van der Waals surface area (Å²) in [5.41, 5.74) is 3.26. The van der Waals surface area contributed by atoms with Gasteiger partial charge in [-0.3, -0.25) is 9.59 Å². The third-order valence-corrected chi connectivity index (χ3v) is 7.71. The molecule has 1 fully saturated rings. The van der Waals surface area contributed by atoms with Crippen molar-refractivity contribution < 1.29 is 34.4 Å². The number of aliphatic hydroxyl groups is 2. The monoisotopic (exact) mass is 533 g/mol. The lowest BCUT2D eigenvalue weighted by atomic mass is 9.66. The Morgan fingerprint density at radius 1 is 1.24 bits per heavy atom. The molecular formula is C28H36ClNO7. The zero-order valence-corrected chi connectivity index (χ0v) is 22.5. The highest BCUT2D eigenvalue weighted by Gasteiger charge is 2.57. The number of fused-ring (bicyclic) bond motifs is 1. The van der Waals surface area contributed by atoms with E-state index in [1.54, 1.807) is 12.1 Å². The molecule has 2 aliphatic rings. The number of imide groups is 3. The number of nitrogens with zero attached hydrogens (tertiary/aromatic N) is 1. The van der Waals surface area contributed by atoms with E-state index in [9.17, 15) is 29.7 Å². The van der Waals surface area contributed by atoms with Crippen LogP contribution >= 0.6 is 11.6 Å². The summed E-state index contributed by atoms with van der Waals surface area (Å²) in [7, 11) is 1.11. The number of benzene rings is 1. The standard InChI is InChI=1S/C28H36ClNO7/c1-5-6-16(11-17-8-9-18(32)12-22(17)29)7-10-23(33)24-19(15(2)3)13-20-25(21(24)14-31)27(35)30(26(20)34)28(36)37-4/h8-9,11-12,15,20-21,23,25,31-33H,5-7,10,13-14H2,1-4H3/b16-11+/t20-,21+,23-,25-/m1/s1. The summed E-state index contributed by atoms with van der Waals surface area (Å²) in [4.78, 5) is 38.8. The van der Waals surface area contributed by atoms with Gasteiger partial charge in [0, 0.05) is 5.92 Å². The number of likely N-dealkylation sites (tertiary alicyclic amines) is 1. The number of aromatic hydroxyl groups is 1. The van der Waals surface area contributed by atoms with Crippen LogP contribution in [0.3, 0.4) is 0 Å². The van der Waals surface area contributed by atoms with Crippen molar-refractivity contribution >= 4 is 35.6 Å². The molecule has 1 saturated heterocycles. The largest absolute Gasteiger partial charge is 0.508 e. The van der Waals surface area contributed by atoms with Crippen molar-refractivity contribution in [3.63, 3.8) is 0 Å². The van der Waals surface area contributed by atoms with E-state index < -0.39 is 48.4 Å². The normalized spacial score (nSPS) is 23.1. The lowest BCUT2D eigenvalue weighted by Gasteiger charge is -2.38. The molecule has 1 heterocycles. The lowest BCUT2D eigenvalue weighted by molar-refractivity contribution is -0.137. The van der Waals surface area contributed by atoms with Crippen molar-refractivity contribution in [2.45, 2.75) is 59.0 Å². The number of methoxy groups -OCH3 is 1. The topological polar surface area (TPSA) is 124 Å². The number of carbonyl (C=O) groups excluding carboxylic acids is 3. The highest BCUT2D eigenvalue weighted by molar-refractivity contribution is 6.32. The van der Waals surface area contributed by atoms with Crippen LogP contribution in [0, 0.1) is 23.7 Å². The van der Waals surface area contributed by atoms with Gasteiger partial charge in [0.05, 0.1) is 36.7 Å². The van der Waals surface area contributed by atoms with Crippen LogP contribution in [0.5, 0.6) is 5.75 Å². The quantitative estimate of drug-likeness (QED) is 0.310. The Kier molecular flexibility index (Phi) is 9.56. The van der Waals surface area contributed by atoms with E-state index in [0.29, 0.717) is 28.3 Å². The fourth-order valence-electron chi connectivity index (χ4n) is 5.64. The van der Waals surface area contributed by atoms with Crippen LogP contribution < -0.4 is 0 Å². The molecule has 3 amide bonds. The summed E-state index contributed by atoms with van der Waals surface area (Å²) in [6.45, 7) is 5.52. The maximum absolute atomic E-state index is 13.1. The molecular weight excluding hydrogens is 498 g/mol. The van der Waals surface area contributed by atoms with Crippen molar-refractivity contribution in [2.75, 3.05) is 13.7 Å². The number of ether oxygens (including phenoxy) is 1. The van der Waals surface area contributed by atoms with Gasteiger partial charge in [-0.15, -0.1) is 0 Å². The summed E-state index contributed by atoms with van der Waals surface area (Å²) in [6.07, 6.45) is 2.81. The molecule has 1 aliphatic carbocycles. The van der Waals surface area contributed by atoms with Gasteiger partial charge in [0.25, 0.3) is 0 Å². The van der Waals surface area contributed by atoms with E-state index >= 15 is 0 Å². The van der Waals surface area contributed by atoms with Crippen LogP contribution in [0.2, 0.25) is 5.02 Å². The van der Waals surface area contributed by atoms with Crippen LogP contribution in [0.1, 0.15) is 58.4 Å². The van der Waals surface area contributed by atoms with E-state index in [0.717, 1.165) is 36.7 Å². The van der Waals surface area contributed by atoms with Crippen molar-refractivity contribution in [3.05, 3.63) is 45.5 Å². The van der Waals surface area contributed by atoms with E-state index in [2.05, 4.69) is 11.7 Å². The van der Waals surface area contributed by atoms with Crippen LogP contribution in [0.25, 0.3) is 6.08 Å². The second-order valence-electron chi connectivity index (χ2n) is 10.1. The molecule has 9 heteroatoms. The van der Waals surface area contributed by atoms with Crippen molar-refractivity contribution in [1.82, 2.24) is 4.90 Å². The van der Waals surface area contributed by atoms with E-state index in [4.69, 9.17) is 11.6 Å². The van der Waals surface area contributed by atoms with Crippen molar-refractivity contribution in [1.29, 1.82) is 0 Å². The maximum atomic E-state index is 13.1. The van der Waals surface area contributed by atoms with Gasteiger partial charge in [-0.1, -0.05) is 56.0 Å². The third kappa shape index (κ3) is 5.92. The predicted octanol–water partition coefficient (Wildman–Crippen LogP) is 4.70.